The molecule has 0 aromatic carbocycles. The zero-order chi connectivity index (χ0) is 8.15. The first kappa shape index (κ1) is 9.57. The topological polar surface area (TPSA) is 71.0 Å². The zero-order valence-corrected chi connectivity index (χ0v) is 7.45. The minimum atomic E-state index is -1.10. The van der Waals surface area contributed by atoms with Gasteiger partial charge in [0.1, 0.15) is 3.58 Å². The number of quaternary nitrogens is 1. The van der Waals surface area contributed by atoms with E-state index in [2.05, 4.69) is 0 Å². The van der Waals surface area contributed by atoms with Gasteiger partial charge in [-0.2, -0.15) is 0 Å². The maximum absolute atomic E-state index is 10.7. The van der Waals surface area contributed by atoms with Crippen LogP contribution in [0.25, 0.3) is 0 Å². The lowest BCUT2D eigenvalue weighted by Gasteiger charge is -1.88. The summed E-state index contributed by atoms with van der Waals surface area (Å²) in [6, 6.07) is 0. The lowest BCUT2D eigenvalue weighted by Crippen LogP contribution is -2.84. The number of likely N-dealkylation sites (N-methyl/N-ethyl adjacent to an activating group) is 1. The summed E-state index contributed by atoms with van der Waals surface area (Å²) in [7, 11) is 1.57. The summed E-state index contributed by atoms with van der Waals surface area (Å²) in [4.78, 5) is 20.6. The van der Waals surface area contributed by atoms with Crippen molar-refractivity contribution in [3.05, 3.63) is 9.66 Å². The van der Waals surface area contributed by atoms with Crippen LogP contribution in [-0.2, 0) is 9.59 Å². The molecule has 0 fully saturated rings. The summed E-state index contributed by atoms with van der Waals surface area (Å²) >= 11 is 1.68. The zero-order valence-electron chi connectivity index (χ0n) is 5.30. The average molecular weight is 256 g/mol. The summed E-state index contributed by atoms with van der Waals surface area (Å²) < 4.78 is 0.215. The van der Waals surface area contributed by atoms with Crippen LogP contribution < -0.4 is 5.32 Å². The number of carbonyl (C=O) groups is 2. The van der Waals surface area contributed by atoms with Gasteiger partial charge < -0.3 is 5.11 Å². The van der Waals surface area contributed by atoms with Crippen LogP contribution in [0.1, 0.15) is 0 Å². The third kappa shape index (κ3) is 3.57. The third-order valence-electron chi connectivity index (χ3n) is 0.748. The maximum Gasteiger partial charge on any atom is 0.348 e. The molecule has 0 saturated carbocycles. The van der Waals surface area contributed by atoms with Crippen molar-refractivity contribution < 1.29 is 20.0 Å². The van der Waals surface area contributed by atoms with Crippen molar-refractivity contribution in [1.82, 2.24) is 0 Å². The van der Waals surface area contributed by atoms with Crippen molar-refractivity contribution >= 4 is 34.5 Å². The highest BCUT2D eigenvalue weighted by Crippen LogP contribution is 2.01. The Morgan fingerprint density at radius 1 is 1.60 bits per heavy atom. The van der Waals surface area contributed by atoms with Gasteiger partial charge in [0.15, 0.2) is 0 Å². The molecular weight excluding hydrogens is 249 g/mol. The van der Waals surface area contributed by atoms with E-state index in [1.165, 1.54) is 5.32 Å². The summed E-state index contributed by atoms with van der Waals surface area (Å²) in [6.45, 7) is 0. The van der Waals surface area contributed by atoms with E-state index in [0.29, 0.717) is 0 Å². The van der Waals surface area contributed by atoms with Gasteiger partial charge in [0.25, 0.3) is 0 Å². The van der Waals surface area contributed by atoms with Crippen molar-refractivity contribution in [2.45, 2.75) is 0 Å². The molecule has 0 aliphatic heterocycles. The minimum absolute atomic E-state index is 0.215. The van der Waals surface area contributed by atoms with Gasteiger partial charge in [0.2, 0.25) is 0 Å². The molecule has 0 heterocycles. The normalized spacial score (nSPS) is 11.2. The fourth-order valence-electron chi connectivity index (χ4n) is 0.317. The number of hydrogen-bond acceptors (Lipinski definition) is 2. The first-order chi connectivity index (χ1) is 4.57. The summed E-state index contributed by atoms with van der Waals surface area (Å²) in [5.74, 6) is -1.36. The van der Waals surface area contributed by atoms with Crippen LogP contribution in [-0.4, -0.2) is 24.0 Å². The second kappa shape index (κ2) is 4.40. The lowest BCUT2D eigenvalue weighted by molar-refractivity contribution is -0.534. The molecule has 10 heavy (non-hydrogen) atoms. The first-order valence-corrected chi connectivity index (χ1v) is 3.59. The summed E-state index contributed by atoms with van der Waals surface area (Å²) in [5.41, 5.74) is 0. The molecule has 1 amide bonds. The van der Waals surface area contributed by atoms with Crippen molar-refractivity contribution in [2.75, 3.05) is 7.05 Å². The van der Waals surface area contributed by atoms with Crippen molar-refractivity contribution in [3.8, 4) is 0 Å². The Balaban J connectivity index is 4.19. The summed E-state index contributed by atoms with van der Waals surface area (Å²) in [6.07, 6.45) is 0.878. The Kier molecular flexibility index (Phi) is 4.21. The van der Waals surface area contributed by atoms with Crippen LogP contribution in [0.4, 0.5) is 0 Å². The highest BCUT2D eigenvalue weighted by molar-refractivity contribution is 14.1. The highest BCUT2D eigenvalue weighted by Gasteiger charge is 2.08. The van der Waals surface area contributed by atoms with Crippen LogP contribution in [0.5, 0.6) is 0 Å². The smallest absolute Gasteiger partial charge is 0.348 e. The highest BCUT2D eigenvalue weighted by atomic mass is 127. The number of amides is 1. The Hall–Kier alpha value is -0.430. The Labute approximate surface area is 71.4 Å². The predicted octanol–water partition coefficient (Wildman–Crippen LogP) is -0.890. The number of carbonyl (C=O) groups excluding carboxylic acids is 1. The van der Waals surface area contributed by atoms with Gasteiger partial charge in [-0.25, -0.2) is 9.59 Å². The SMILES string of the molecule is C[NH2+]C(=O)C(I)=CC(=O)O. The molecule has 3 N–H and O–H groups in total. The van der Waals surface area contributed by atoms with E-state index in [4.69, 9.17) is 5.11 Å². The average Bonchev–Trinajstić information content (AvgIpc) is 1.85. The predicted molar refractivity (Wildman–Crippen MR) is 42.6 cm³/mol. The number of aliphatic carboxylic acids is 1. The molecule has 0 aromatic heterocycles. The molecular formula is C5H7INO3+. The van der Waals surface area contributed by atoms with E-state index in [9.17, 15) is 9.59 Å². The number of nitrogens with two attached hydrogens (primary N) is 1. The van der Waals surface area contributed by atoms with Crippen molar-refractivity contribution in [2.24, 2.45) is 0 Å². The number of hydrogen-bond donors (Lipinski definition) is 2. The molecule has 0 aromatic rings. The van der Waals surface area contributed by atoms with Crippen molar-refractivity contribution in [3.63, 3.8) is 0 Å². The quantitative estimate of drug-likeness (QED) is 0.497. The van der Waals surface area contributed by atoms with E-state index >= 15 is 0 Å². The van der Waals surface area contributed by atoms with E-state index < -0.39 is 5.97 Å². The standard InChI is InChI=1S/C5H6INO3/c1-7-5(10)3(6)2-4(8)9/h2H,1H3,(H,7,10)(H,8,9)/p+1. The van der Waals surface area contributed by atoms with E-state index in [1.807, 2.05) is 0 Å². The molecule has 0 saturated heterocycles. The lowest BCUT2D eigenvalue weighted by atomic mass is 10.5. The van der Waals surface area contributed by atoms with Crippen molar-refractivity contribution in [1.29, 1.82) is 0 Å². The monoisotopic (exact) mass is 256 g/mol. The number of primary amides is 1. The molecule has 0 unspecified atom stereocenters. The number of halogens is 1. The van der Waals surface area contributed by atoms with Gasteiger partial charge >= 0.3 is 11.9 Å². The molecule has 0 aliphatic carbocycles. The Morgan fingerprint density at radius 3 is 2.40 bits per heavy atom. The molecule has 0 atom stereocenters. The van der Waals surface area contributed by atoms with Gasteiger partial charge in [-0.3, -0.25) is 5.32 Å². The van der Waals surface area contributed by atoms with E-state index in [1.54, 1.807) is 29.6 Å². The van der Waals surface area contributed by atoms with Crippen LogP contribution in [0.2, 0.25) is 0 Å². The fraction of sp³-hybridized carbons (Fsp3) is 0.200. The van der Waals surface area contributed by atoms with Crippen LogP contribution >= 0.6 is 22.6 Å². The molecule has 0 bridgehead atoms. The first-order valence-electron chi connectivity index (χ1n) is 2.51. The summed E-state index contributed by atoms with van der Waals surface area (Å²) in [5, 5.41) is 9.50. The maximum atomic E-state index is 10.7. The van der Waals surface area contributed by atoms with Crippen LogP contribution in [0.15, 0.2) is 9.66 Å². The number of rotatable bonds is 2. The third-order valence-corrected chi connectivity index (χ3v) is 1.59. The molecule has 0 rings (SSSR count). The number of carboxylic acid groups (broad SMARTS) is 1. The number of carboxylic acids is 1. The molecule has 0 aliphatic rings. The largest absolute Gasteiger partial charge is 0.478 e. The molecule has 56 valence electrons. The van der Waals surface area contributed by atoms with Gasteiger partial charge in [-0.05, 0) is 22.6 Å². The molecule has 4 nitrogen and oxygen atoms in total. The van der Waals surface area contributed by atoms with Gasteiger partial charge in [0, 0.05) is 6.08 Å². The second-order valence-electron chi connectivity index (χ2n) is 1.48. The Morgan fingerprint density at radius 2 is 2.10 bits per heavy atom. The van der Waals surface area contributed by atoms with Crippen LogP contribution in [0.3, 0.4) is 0 Å². The molecule has 5 heteroatoms. The van der Waals surface area contributed by atoms with Crippen LogP contribution in [0, 0.1) is 0 Å². The second-order valence-corrected chi connectivity index (χ2v) is 2.65. The van der Waals surface area contributed by atoms with Gasteiger partial charge in [-0.15, -0.1) is 0 Å². The van der Waals surface area contributed by atoms with Gasteiger partial charge in [-0.1, -0.05) is 0 Å². The Bertz CT molecular complexity index is 187. The fourth-order valence-corrected chi connectivity index (χ4v) is 0.895. The van der Waals surface area contributed by atoms with E-state index in [0.717, 1.165) is 6.08 Å². The molecule has 0 radical (unpaired) electrons. The van der Waals surface area contributed by atoms with E-state index in [-0.39, 0.29) is 9.49 Å². The minimum Gasteiger partial charge on any atom is -0.478 e. The van der Waals surface area contributed by atoms with Gasteiger partial charge in [0.05, 0.1) is 7.05 Å². The molecule has 0 spiro atoms.